The zero-order chi connectivity index (χ0) is 16.8. The number of carbonyl (C=O) groups is 2. The molecule has 2 amide bonds. The third kappa shape index (κ3) is 4.87. The lowest BCUT2D eigenvalue weighted by atomic mass is 10.2. The minimum atomic E-state index is -0.447. The molecule has 0 aliphatic heterocycles. The van der Waals surface area contributed by atoms with Crippen LogP contribution in [-0.2, 0) is 16.1 Å². The average Bonchev–Trinajstić information content (AvgIpc) is 2.51. The van der Waals surface area contributed by atoms with Crippen molar-refractivity contribution in [2.75, 3.05) is 10.6 Å². The molecule has 0 aliphatic carbocycles. The van der Waals surface area contributed by atoms with Crippen molar-refractivity contribution < 1.29 is 14.3 Å². The first kappa shape index (κ1) is 17.1. The SMILES string of the molecule is CC(=O)OCc1c(Cl)ccc(NC(=O)Nc2ccccc2)c1Cl. The number of anilines is 2. The van der Waals surface area contributed by atoms with Crippen molar-refractivity contribution in [3.63, 3.8) is 0 Å². The minimum absolute atomic E-state index is 0.0666. The van der Waals surface area contributed by atoms with E-state index in [9.17, 15) is 9.59 Å². The van der Waals surface area contributed by atoms with Gasteiger partial charge in [-0.25, -0.2) is 4.79 Å². The van der Waals surface area contributed by atoms with Crippen LogP contribution >= 0.6 is 23.2 Å². The van der Waals surface area contributed by atoms with Crippen LogP contribution in [0.1, 0.15) is 12.5 Å². The fourth-order valence-corrected chi connectivity index (χ4v) is 2.33. The van der Waals surface area contributed by atoms with E-state index in [0.29, 0.717) is 22.0 Å². The van der Waals surface area contributed by atoms with Crippen LogP contribution in [0.3, 0.4) is 0 Å². The van der Waals surface area contributed by atoms with Crippen molar-refractivity contribution >= 4 is 46.6 Å². The number of para-hydroxylation sites is 1. The predicted octanol–water partition coefficient (Wildman–Crippen LogP) is 4.70. The summed E-state index contributed by atoms with van der Waals surface area (Å²) in [6.45, 7) is 1.22. The largest absolute Gasteiger partial charge is 0.461 e. The monoisotopic (exact) mass is 352 g/mol. The summed E-state index contributed by atoms with van der Waals surface area (Å²) in [7, 11) is 0. The van der Waals surface area contributed by atoms with E-state index in [2.05, 4.69) is 10.6 Å². The smallest absolute Gasteiger partial charge is 0.323 e. The Hall–Kier alpha value is -2.24. The second-order valence-electron chi connectivity index (χ2n) is 4.61. The van der Waals surface area contributed by atoms with Crippen LogP contribution in [0.25, 0.3) is 0 Å². The molecule has 0 unspecified atom stereocenters. The second kappa shape index (κ2) is 7.85. The maximum absolute atomic E-state index is 12.0. The highest BCUT2D eigenvalue weighted by atomic mass is 35.5. The highest BCUT2D eigenvalue weighted by Gasteiger charge is 2.14. The van der Waals surface area contributed by atoms with Crippen molar-refractivity contribution in [2.24, 2.45) is 0 Å². The summed E-state index contributed by atoms with van der Waals surface area (Å²) in [6.07, 6.45) is 0. The molecule has 23 heavy (non-hydrogen) atoms. The number of hydrogen-bond acceptors (Lipinski definition) is 3. The molecule has 0 aliphatic rings. The molecule has 0 bridgehead atoms. The topological polar surface area (TPSA) is 67.4 Å². The second-order valence-corrected chi connectivity index (χ2v) is 5.40. The summed E-state index contributed by atoms with van der Waals surface area (Å²) >= 11 is 12.3. The van der Waals surface area contributed by atoms with Gasteiger partial charge in [0.25, 0.3) is 0 Å². The first-order valence-electron chi connectivity index (χ1n) is 6.70. The summed E-state index contributed by atoms with van der Waals surface area (Å²) in [5.41, 5.74) is 1.45. The molecule has 5 nitrogen and oxygen atoms in total. The van der Waals surface area contributed by atoms with Crippen LogP contribution in [0.15, 0.2) is 42.5 Å². The fraction of sp³-hybridized carbons (Fsp3) is 0.125. The molecular formula is C16H14Cl2N2O3. The number of halogens is 2. The number of rotatable bonds is 4. The van der Waals surface area contributed by atoms with Crippen molar-refractivity contribution in [1.29, 1.82) is 0 Å². The molecule has 0 fully saturated rings. The molecule has 0 aromatic heterocycles. The third-order valence-corrected chi connectivity index (χ3v) is 3.67. The molecule has 0 saturated heterocycles. The van der Waals surface area contributed by atoms with E-state index in [1.807, 2.05) is 18.2 Å². The van der Waals surface area contributed by atoms with Crippen LogP contribution in [0.5, 0.6) is 0 Å². The maximum Gasteiger partial charge on any atom is 0.323 e. The van der Waals surface area contributed by atoms with E-state index in [4.69, 9.17) is 27.9 Å². The Labute approximate surface area is 143 Å². The molecule has 120 valence electrons. The Balaban J connectivity index is 2.12. The molecule has 2 aromatic rings. The van der Waals surface area contributed by atoms with Gasteiger partial charge in [0.1, 0.15) is 6.61 Å². The van der Waals surface area contributed by atoms with E-state index in [1.54, 1.807) is 24.3 Å². The number of hydrogen-bond donors (Lipinski definition) is 2. The van der Waals surface area contributed by atoms with Crippen molar-refractivity contribution in [2.45, 2.75) is 13.5 Å². The van der Waals surface area contributed by atoms with Gasteiger partial charge in [-0.1, -0.05) is 41.4 Å². The van der Waals surface area contributed by atoms with Gasteiger partial charge in [-0.3, -0.25) is 4.79 Å². The summed E-state index contributed by atoms with van der Waals surface area (Å²) in [5.74, 6) is -0.447. The van der Waals surface area contributed by atoms with Gasteiger partial charge in [0.2, 0.25) is 0 Å². The molecular weight excluding hydrogens is 339 g/mol. The van der Waals surface area contributed by atoms with Gasteiger partial charge in [-0.2, -0.15) is 0 Å². The van der Waals surface area contributed by atoms with E-state index in [-0.39, 0.29) is 11.6 Å². The summed E-state index contributed by atoms with van der Waals surface area (Å²) in [4.78, 5) is 22.9. The lowest BCUT2D eigenvalue weighted by Gasteiger charge is -2.13. The lowest BCUT2D eigenvalue weighted by molar-refractivity contribution is -0.142. The van der Waals surface area contributed by atoms with Gasteiger partial charge in [0, 0.05) is 23.2 Å². The van der Waals surface area contributed by atoms with Gasteiger partial charge in [-0.05, 0) is 24.3 Å². The maximum atomic E-state index is 12.0. The first-order valence-corrected chi connectivity index (χ1v) is 7.46. The molecule has 0 saturated carbocycles. The Morgan fingerprint density at radius 3 is 2.39 bits per heavy atom. The van der Waals surface area contributed by atoms with Crippen molar-refractivity contribution in [1.82, 2.24) is 0 Å². The Morgan fingerprint density at radius 1 is 1.04 bits per heavy atom. The Kier molecular flexibility index (Phi) is 5.84. The van der Waals surface area contributed by atoms with Crippen LogP contribution in [0, 0.1) is 0 Å². The molecule has 0 spiro atoms. The molecule has 2 rings (SSSR count). The van der Waals surface area contributed by atoms with Crippen LogP contribution < -0.4 is 10.6 Å². The number of esters is 1. The highest BCUT2D eigenvalue weighted by Crippen LogP contribution is 2.32. The number of urea groups is 1. The van der Waals surface area contributed by atoms with E-state index in [1.165, 1.54) is 6.92 Å². The minimum Gasteiger partial charge on any atom is -0.461 e. The van der Waals surface area contributed by atoms with Gasteiger partial charge in [-0.15, -0.1) is 0 Å². The van der Waals surface area contributed by atoms with Crippen molar-refractivity contribution in [3.8, 4) is 0 Å². The number of amides is 2. The average molecular weight is 353 g/mol. The number of ether oxygens (including phenoxy) is 1. The number of carbonyl (C=O) groups excluding carboxylic acids is 2. The Morgan fingerprint density at radius 2 is 1.74 bits per heavy atom. The van der Waals surface area contributed by atoms with Gasteiger partial charge in [0.15, 0.2) is 0 Å². The van der Waals surface area contributed by atoms with Crippen LogP contribution in [0.4, 0.5) is 16.2 Å². The molecule has 0 atom stereocenters. The summed E-state index contributed by atoms with van der Waals surface area (Å²) < 4.78 is 4.91. The summed E-state index contributed by atoms with van der Waals surface area (Å²) in [6, 6.07) is 11.7. The molecule has 0 heterocycles. The van der Waals surface area contributed by atoms with E-state index >= 15 is 0 Å². The van der Waals surface area contributed by atoms with Crippen LogP contribution in [-0.4, -0.2) is 12.0 Å². The lowest BCUT2D eigenvalue weighted by Crippen LogP contribution is -2.19. The third-order valence-electron chi connectivity index (χ3n) is 2.89. The van der Waals surface area contributed by atoms with Gasteiger partial charge >= 0.3 is 12.0 Å². The first-order chi connectivity index (χ1) is 11.0. The molecule has 0 radical (unpaired) electrons. The fourth-order valence-electron chi connectivity index (χ4n) is 1.81. The van der Waals surface area contributed by atoms with E-state index in [0.717, 1.165) is 0 Å². The van der Waals surface area contributed by atoms with E-state index < -0.39 is 12.0 Å². The Bertz CT molecular complexity index is 721. The normalized spacial score (nSPS) is 10.0. The van der Waals surface area contributed by atoms with Gasteiger partial charge in [0.05, 0.1) is 10.7 Å². The van der Waals surface area contributed by atoms with Crippen LogP contribution in [0.2, 0.25) is 10.0 Å². The van der Waals surface area contributed by atoms with Gasteiger partial charge < -0.3 is 15.4 Å². The molecule has 7 heteroatoms. The zero-order valence-corrected chi connectivity index (χ0v) is 13.7. The molecule has 2 aromatic carbocycles. The number of nitrogens with one attached hydrogen (secondary N) is 2. The highest BCUT2D eigenvalue weighted by molar-refractivity contribution is 6.38. The quantitative estimate of drug-likeness (QED) is 0.783. The number of benzene rings is 2. The molecule has 2 N–H and O–H groups in total. The predicted molar refractivity (Wildman–Crippen MR) is 91.0 cm³/mol. The summed E-state index contributed by atoms with van der Waals surface area (Å²) in [5, 5.41) is 5.88. The zero-order valence-electron chi connectivity index (χ0n) is 12.2. The van der Waals surface area contributed by atoms with Crippen molar-refractivity contribution in [3.05, 3.63) is 58.1 Å². The standard InChI is InChI=1S/C16H14Cl2N2O3/c1-10(21)23-9-12-13(17)7-8-14(15(12)18)20-16(22)19-11-5-3-2-4-6-11/h2-8H,9H2,1H3,(H2,19,20,22).